The molecule has 0 saturated carbocycles. The molecule has 1 N–H and O–H groups in total. The first-order valence-corrected chi connectivity index (χ1v) is 7.50. The van der Waals surface area contributed by atoms with E-state index in [0.29, 0.717) is 18.2 Å². The van der Waals surface area contributed by atoms with Crippen molar-refractivity contribution in [3.63, 3.8) is 0 Å². The fourth-order valence-electron chi connectivity index (χ4n) is 3.32. The number of hydrogen-bond acceptors (Lipinski definition) is 4. The molecular weight excluding hydrogens is 252 g/mol. The quantitative estimate of drug-likeness (QED) is 0.909. The highest BCUT2D eigenvalue weighted by Crippen LogP contribution is 2.33. The van der Waals surface area contributed by atoms with Gasteiger partial charge in [0.15, 0.2) is 0 Å². The number of rotatable bonds is 4. The zero-order valence-corrected chi connectivity index (χ0v) is 12.3. The van der Waals surface area contributed by atoms with Gasteiger partial charge in [0.25, 0.3) is 0 Å². The molecule has 2 heterocycles. The van der Waals surface area contributed by atoms with Crippen LogP contribution in [0.15, 0.2) is 24.3 Å². The van der Waals surface area contributed by atoms with Gasteiger partial charge < -0.3 is 14.8 Å². The number of ether oxygens (including phenoxy) is 2. The van der Waals surface area contributed by atoms with Gasteiger partial charge in [0.2, 0.25) is 0 Å². The van der Waals surface area contributed by atoms with Crippen molar-refractivity contribution in [2.75, 3.05) is 33.9 Å². The van der Waals surface area contributed by atoms with Gasteiger partial charge in [0.1, 0.15) is 12.4 Å². The normalized spacial score (nSPS) is 29.2. The summed E-state index contributed by atoms with van der Waals surface area (Å²) in [5, 5.41) is 3.45. The van der Waals surface area contributed by atoms with Gasteiger partial charge in [0, 0.05) is 18.7 Å². The van der Waals surface area contributed by atoms with Crippen LogP contribution in [0, 0.1) is 0 Å². The predicted octanol–water partition coefficient (Wildman–Crippen LogP) is 1.82. The third-order valence-electron chi connectivity index (χ3n) is 4.44. The third-order valence-corrected chi connectivity index (χ3v) is 4.44. The zero-order valence-electron chi connectivity index (χ0n) is 12.3. The van der Waals surface area contributed by atoms with Gasteiger partial charge in [-0.1, -0.05) is 18.2 Å². The lowest BCUT2D eigenvalue weighted by atomic mass is 9.95. The molecule has 0 bridgehead atoms. The van der Waals surface area contributed by atoms with E-state index in [0.717, 1.165) is 25.5 Å². The van der Waals surface area contributed by atoms with E-state index in [1.165, 1.54) is 18.4 Å². The van der Waals surface area contributed by atoms with E-state index >= 15 is 0 Å². The maximum atomic E-state index is 5.93. The molecule has 3 unspecified atom stereocenters. The number of fused-ring (bicyclic) bond motifs is 1. The lowest BCUT2D eigenvalue weighted by Gasteiger charge is -2.39. The van der Waals surface area contributed by atoms with E-state index in [1.54, 1.807) is 0 Å². The van der Waals surface area contributed by atoms with Crippen molar-refractivity contribution < 1.29 is 9.47 Å². The topological polar surface area (TPSA) is 33.7 Å². The van der Waals surface area contributed by atoms with Crippen molar-refractivity contribution >= 4 is 0 Å². The first kappa shape index (κ1) is 13.9. The Hall–Kier alpha value is -1.10. The Morgan fingerprint density at radius 3 is 2.95 bits per heavy atom. The highest BCUT2D eigenvalue weighted by Gasteiger charge is 2.33. The number of hydrogen-bond donors (Lipinski definition) is 1. The van der Waals surface area contributed by atoms with Crippen LogP contribution in [0.2, 0.25) is 0 Å². The summed E-state index contributed by atoms with van der Waals surface area (Å²) < 4.78 is 11.7. The molecule has 3 atom stereocenters. The second-order valence-electron chi connectivity index (χ2n) is 5.76. The lowest BCUT2D eigenvalue weighted by Crippen LogP contribution is -2.49. The van der Waals surface area contributed by atoms with Crippen molar-refractivity contribution in [3.8, 4) is 5.75 Å². The van der Waals surface area contributed by atoms with Crippen molar-refractivity contribution in [2.24, 2.45) is 0 Å². The average molecular weight is 276 g/mol. The van der Waals surface area contributed by atoms with Crippen molar-refractivity contribution in [1.82, 2.24) is 10.2 Å². The predicted molar refractivity (Wildman–Crippen MR) is 79.1 cm³/mol. The zero-order chi connectivity index (χ0) is 13.9. The molecule has 110 valence electrons. The van der Waals surface area contributed by atoms with Gasteiger partial charge in [0.05, 0.1) is 18.2 Å². The van der Waals surface area contributed by atoms with Crippen LogP contribution in [-0.2, 0) is 4.74 Å². The van der Waals surface area contributed by atoms with Crippen molar-refractivity contribution in [2.45, 2.75) is 31.0 Å². The summed E-state index contributed by atoms with van der Waals surface area (Å²) in [4.78, 5) is 2.38. The molecule has 20 heavy (non-hydrogen) atoms. The molecule has 2 aliphatic rings. The van der Waals surface area contributed by atoms with Crippen LogP contribution in [0.3, 0.4) is 0 Å². The van der Waals surface area contributed by atoms with Crippen LogP contribution in [0.25, 0.3) is 0 Å². The van der Waals surface area contributed by atoms with Gasteiger partial charge in [-0.3, -0.25) is 4.90 Å². The average Bonchev–Trinajstić information content (AvgIpc) is 2.98. The molecule has 0 aromatic heterocycles. The molecule has 1 aromatic rings. The standard InChI is InChI=1S/C16H24N2O2/c1-17-16-13-7-3-4-8-15(13)20-11-14(16)18(2)10-12-6-5-9-19-12/h3-4,7-8,12,14,16-17H,5-6,9-11H2,1-2H3. The molecular formula is C16H24N2O2. The molecule has 3 rings (SSSR count). The summed E-state index contributed by atoms with van der Waals surface area (Å²) in [5.41, 5.74) is 1.26. The molecule has 0 aliphatic carbocycles. The second-order valence-corrected chi connectivity index (χ2v) is 5.76. The van der Waals surface area contributed by atoms with E-state index in [4.69, 9.17) is 9.47 Å². The van der Waals surface area contributed by atoms with Gasteiger partial charge >= 0.3 is 0 Å². The Morgan fingerprint density at radius 2 is 2.20 bits per heavy atom. The minimum Gasteiger partial charge on any atom is -0.492 e. The molecule has 0 radical (unpaired) electrons. The van der Waals surface area contributed by atoms with E-state index in [2.05, 4.69) is 35.5 Å². The fraction of sp³-hybridized carbons (Fsp3) is 0.625. The second kappa shape index (κ2) is 6.12. The number of benzene rings is 1. The van der Waals surface area contributed by atoms with Crippen LogP contribution in [0.5, 0.6) is 5.75 Å². The molecule has 0 amide bonds. The number of para-hydroxylation sites is 1. The summed E-state index contributed by atoms with van der Waals surface area (Å²) in [7, 11) is 4.20. The number of nitrogens with zero attached hydrogens (tertiary/aromatic N) is 1. The maximum absolute atomic E-state index is 5.93. The van der Waals surface area contributed by atoms with Gasteiger partial charge in [-0.05, 0) is 33.0 Å². The monoisotopic (exact) mass is 276 g/mol. The summed E-state index contributed by atoms with van der Waals surface area (Å²) in [6, 6.07) is 8.97. The Bertz CT molecular complexity index is 446. The SMILES string of the molecule is CNC1c2ccccc2OCC1N(C)CC1CCCO1. The highest BCUT2D eigenvalue weighted by atomic mass is 16.5. The fourth-order valence-corrected chi connectivity index (χ4v) is 3.32. The molecule has 1 fully saturated rings. The Balaban J connectivity index is 1.73. The maximum Gasteiger partial charge on any atom is 0.124 e. The van der Waals surface area contributed by atoms with Crippen LogP contribution >= 0.6 is 0 Å². The first-order valence-electron chi connectivity index (χ1n) is 7.50. The summed E-state index contributed by atoms with van der Waals surface area (Å²) >= 11 is 0. The minimum absolute atomic E-state index is 0.311. The Kier molecular flexibility index (Phi) is 4.24. The van der Waals surface area contributed by atoms with E-state index in [9.17, 15) is 0 Å². The molecule has 0 spiro atoms. The molecule has 2 aliphatic heterocycles. The summed E-state index contributed by atoms with van der Waals surface area (Å²) in [6.45, 7) is 2.62. The Labute approximate surface area is 121 Å². The Morgan fingerprint density at radius 1 is 1.35 bits per heavy atom. The molecule has 1 saturated heterocycles. The van der Waals surface area contributed by atoms with Crippen LogP contribution in [-0.4, -0.2) is 50.9 Å². The smallest absolute Gasteiger partial charge is 0.124 e. The third kappa shape index (κ3) is 2.68. The van der Waals surface area contributed by atoms with Crippen LogP contribution in [0.4, 0.5) is 0 Å². The summed E-state index contributed by atoms with van der Waals surface area (Å²) in [6.07, 6.45) is 2.76. The van der Waals surface area contributed by atoms with Crippen LogP contribution in [0.1, 0.15) is 24.4 Å². The van der Waals surface area contributed by atoms with E-state index in [-0.39, 0.29) is 0 Å². The van der Waals surface area contributed by atoms with Gasteiger partial charge in [-0.15, -0.1) is 0 Å². The number of likely N-dealkylation sites (N-methyl/N-ethyl adjacent to an activating group) is 2. The molecule has 1 aromatic carbocycles. The number of nitrogens with one attached hydrogen (secondary N) is 1. The largest absolute Gasteiger partial charge is 0.492 e. The van der Waals surface area contributed by atoms with Gasteiger partial charge in [-0.2, -0.15) is 0 Å². The van der Waals surface area contributed by atoms with Crippen LogP contribution < -0.4 is 10.1 Å². The van der Waals surface area contributed by atoms with Gasteiger partial charge in [-0.25, -0.2) is 0 Å². The van der Waals surface area contributed by atoms with E-state index < -0.39 is 0 Å². The first-order chi connectivity index (χ1) is 9.79. The van der Waals surface area contributed by atoms with E-state index in [1.807, 2.05) is 13.1 Å². The minimum atomic E-state index is 0.311. The van der Waals surface area contributed by atoms with Crippen molar-refractivity contribution in [3.05, 3.63) is 29.8 Å². The molecule has 4 nitrogen and oxygen atoms in total. The molecule has 4 heteroatoms. The highest BCUT2D eigenvalue weighted by molar-refractivity contribution is 5.38. The van der Waals surface area contributed by atoms with Crippen molar-refractivity contribution in [1.29, 1.82) is 0 Å². The summed E-state index contributed by atoms with van der Waals surface area (Å²) in [5.74, 6) is 1.01. The lowest BCUT2D eigenvalue weighted by molar-refractivity contribution is 0.0419.